The lowest BCUT2D eigenvalue weighted by Crippen LogP contribution is -2.49. The molecule has 0 amide bonds. The first kappa shape index (κ1) is 12.2. The van der Waals surface area contributed by atoms with E-state index in [1.807, 2.05) is 13.8 Å². The lowest BCUT2D eigenvalue weighted by molar-refractivity contribution is -0.108. The molecule has 2 heterocycles. The maximum atomic E-state index is 6.03. The minimum absolute atomic E-state index is 0.134. The largest absolute Gasteiger partial charge is 0.444 e. The summed E-state index contributed by atoms with van der Waals surface area (Å²) >= 11 is 0. The average molecular weight is 250 g/mol. The van der Waals surface area contributed by atoms with Crippen molar-refractivity contribution in [2.45, 2.75) is 51.7 Å². The Bertz CT molecular complexity index is 402. The average Bonchev–Trinajstić information content (AvgIpc) is 2.88. The van der Waals surface area contributed by atoms with E-state index in [1.165, 1.54) is 25.7 Å². The van der Waals surface area contributed by atoms with Crippen molar-refractivity contribution >= 4 is 0 Å². The van der Waals surface area contributed by atoms with Gasteiger partial charge >= 0.3 is 0 Å². The molecule has 100 valence electrons. The Morgan fingerprint density at radius 2 is 2.06 bits per heavy atom. The summed E-state index contributed by atoms with van der Waals surface area (Å²) in [5.74, 6) is 1.79. The molecule has 1 saturated carbocycles. The number of morpholine rings is 1. The fourth-order valence-electron chi connectivity index (χ4n) is 3.18. The number of ether oxygens (including phenoxy) is 1. The zero-order chi connectivity index (χ0) is 12.6. The summed E-state index contributed by atoms with van der Waals surface area (Å²) in [6, 6.07) is 0. The predicted molar refractivity (Wildman–Crippen MR) is 68.4 cm³/mol. The highest BCUT2D eigenvalue weighted by Crippen LogP contribution is 2.36. The molecule has 0 atom stereocenters. The molecule has 0 aromatic carbocycles. The maximum absolute atomic E-state index is 6.03. The van der Waals surface area contributed by atoms with Crippen LogP contribution in [0.3, 0.4) is 0 Å². The van der Waals surface area contributed by atoms with Crippen molar-refractivity contribution < 1.29 is 9.15 Å². The van der Waals surface area contributed by atoms with Crippen molar-refractivity contribution in [1.29, 1.82) is 0 Å². The minimum Gasteiger partial charge on any atom is -0.444 e. The van der Waals surface area contributed by atoms with Crippen molar-refractivity contribution in [2.75, 3.05) is 19.7 Å². The van der Waals surface area contributed by atoms with Crippen LogP contribution < -0.4 is 0 Å². The van der Waals surface area contributed by atoms with Gasteiger partial charge in [-0.15, -0.1) is 0 Å². The molecule has 0 N–H and O–H groups in total. The smallest absolute Gasteiger partial charge is 0.208 e. The molecule has 0 radical (unpaired) electrons. The van der Waals surface area contributed by atoms with Crippen LogP contribution in [-0.4, -0.2) is 35.2 Å². The van der Waals surface area contributed by atoms with Gasteiger partial charge in [-0.05, 0) is 26.7 Å². The molecule has 2 aliphatic rings. The molecule has 1 aliphatic carbocycles. The van der Waals surface area contributed by atoms with Gasteiger partial charge in [-0.3, -0.25) is 4.90 Å². The number of nitrogens with zero attached hydrogens (tertiary/aromatic N) is 2. The van der Waals surface area contributed by atoms with Crippen LogP contribution in [0.1, 0.15) is 43.0 Å². The maximum Gasteiger partial charge on any atom is 0.208 e. The van der Waals surface area contributed by atoms with Crippen LogP contribution in [0, 0.1) is 13.8 Å². The van der Waals surface area contributed by atoms with Crippen molar-refractivity contribution in [2.24, 2.45) is 0 Å². The quantitative estimate of drug-likeness (QED) is 0.808. The van der Waals surface area contributed by atoms with Gasteiger partial charge in [0.25, 0.3) is 0 Å². The van der Waals surface area contributed by atoms with Crippen molar-refractivity contribution in [3.63, 3.8) is 0 Å². The van der Waals surface area contributed by atoms with Crippen LogP contribution in [0.15, 0.2) is 4.42 Å². The lowest BCUT2D eigenvalue weighted by Gasteiger charge is -2.40. The molecule has 2 fully saturated rings. The van der Waals surface area contributed by atoms with Gasteiger partial charge < -0.3 is 9.15 Å². The van der Waals surface area contributed by atoms with Crippen molar-refractivity contribution in [3.8, 4) is 0 Å². The molecule has 1 aromatic heterocycles. The third-order valence-corrected chi connectivity index (χ3v) is 4.27. The van der Waals surface area contributed by atoms with Gasteiger partial charge in [0.2, 0.25) is 5.89 Å². The number of hydrogen-bond donors (Lipinski definition) is 0. The van der Waals surface area contributed by atoms with Crippen molar-refractivity contribution in [1.82, 2.24) is 9.88 Å². The first-order chi connectivity index (χ1) is 8.67. The molecule has 1 spiro atoms. The first-order valence-corrected chi connectivity index (χ1v) is 6.96. The summed E-state index contributed by atoms with van der Waals surface area (Å²) in [6.07, 6.45) is 5.05. The van der Waals surface area contributed by atoms with Crippen LogP contribution in [0.2, 0.25) is 0 Å². The number of oxazole rings is 1. The first-order valence-electron chi connectivity index (χ1n) is 6.96. The van der Waals surface area contributed by atoms with E-state index in [4.69, 9.17) is 9.15 Å². The minimum atomic E-state index is 0.134. The summed E-state index contributed by atoms with van der Waals surface area (Å²) in [7, 11) is 0. The highest BCUT2D eigenvalue weighted by atomic mass is 16.5. The summed E-state index contributed by atoms with van der Waals surface area (Å²) in [6.45, 7) is 7.66. The Kier molecular flexibility index (Phi) is 3.16. The molecule has 4 heteroatoms. The standard InChI is InChI=1S/C14H22N2O2/c1-11-12(2)18-13(15-11)9-16-7-8-17-14(10-16)5-3-4-6-14/h3-10H2,1-2H3. The fourth-order valence-corrected chi connectivity index (χ4v) is 3.18. The van der Waals surface area contributed by atoms with Gasteiger partial charge in [-0.1, -0.05) is 12.8 Å². The normalized spacial score (nSPS) is 23.9. The Labute approximate surface area is 108 Å². The molecule has 4 nitrogen and oxygen atoms in total. The number of aryl methyl sites for hydroxylation is 2. The molecular weight excluding hydrogens is 228 g/mol. The van der Waals surface area contributed by atoms with E-state index < -0.39 is 0 Å². The zero-order valence-corrected chi connectivity index (χ0v) is 11.4. The van der Waals surface area contributed by atoms with Gasteiger partial charge in [-0.25, -0.2) is 4.98 Å². The SMILES string of the molecule is Cc1nc(CN2CCOC3(CCCC3)C2)oc1C. The van der Waals surface area contributed by atoms with Gasteiger partial charge in [-0.2, -0.15) is 0 Å². The number of hydrogen-bond acceptors (Lipinski definition) is 4. The molecule has 1 aliphatic heterocycles. The van der Waals surface area contributed by atoms with Gasteiger partial charge in [0, 0.05) is 13.1 Å². The molecular formula is C14H22N2O2. The molecule has 0 bridgehead atoms. The Balaban J connectivity index is 1.65. The van der Waals surface area contributed by atoms with Crippen LogP contribution in [-0.2, 0) is 11.3 Å². The van der Waals surface area contributed by atoms with E-state index in [0.29, 0.717) is 0 Å². The van der Waals surface area contributed by atoms with E-state index >= 15 is 0 Å². The Morgan fingerprint density at radius 1 is 1.28 bits per heavy atom. The van der Waals surface area contributed by atoms with Crippen LogP contribution in [0.25, 0.3) is 0 Å². The van der Waals surface area contributed by atoms with Crippen LogP contribution in [0.5, 0.6) is 0 Å². The number of aromatic nitrogens is 1. The highest BCUT2D eigenvalue weighted by Gasteiger charge is 2.39. The Hall–Kier alpha value is -0.870. The van der Waals surface area contributed by atoms with Crippen molar-refractivity contribution in [3.05, 3.63) is 17.3 Å². The predicted octanol–water partition coefficient (Wildman–Crippen LogP) is 2.44. The van der Waals surface area contributed by atoms with E-state index in [0.717, 1.165) is 43.6 Å². The van der Waals surface area contributed by atoms with Gasteiger partial charge in [0.1, 0.15) is 5.76 Å². The van der Waals surface area contributed by atoms with Gasteiger partial charge in [0.05, 0.1) is 24.4 Å². The van der Waals surface area contributed by atoms with Crippen LogP contribution in [0.4, 0.5) is 0 Å². The van der Waals surface area contributed by atoms with Gasteiger partial charge in [0.15, 0.2) is 0 Å². The fraction of sp³-hybridized carbons (Fsp3) is 0.786. The highest BCUT2D eigenvalue weighted by molar-refractivity contribution is 5.05. The zero-order valence-electron chi connectivity index (χ0n) is 11.4. The lowest BCUT2D eigenvalue weighted by atomic mass is 10.00. The van der Waals surface area contributed by atoms with E-state index in [2.05, 4.69) is 9.88 Å². The second kappa shape index (κ2) is 4.67. The van der Waals surface area contributed by atoms with Crippen LogP contribution >= 0.6 is 0 Å². The second-order valence-corrected chi connectivity index (χ2v) is 5.70. The molecule has 3 rings (SSSR count). The summed E-state index contributed by atoms with van der Waals surface area (Å²) in [5.41, 5.74) is 1.14. The third kappa shape index (κ3) is 2.31. The second-order valence-electron chi connectivity index (χ2n) is 5.70. The monoisotopic (exact) mass is 250 g/mol. The molecule has 0 unspecified atom stereocenters. The van der Waals surface area contributed by atoms with E-state index in [9.17, 15) is 0 Å². The summed E-state index contributed by atoms with van der Waals surface area (Å²) in [4.78, 5) is 6.90. The molecule has 1 saturated heterocycles. The number of rotatable bonds is 2. The third-order valence-electron chi connectivity index (χ3n) is 4.27. The topological polar surface area (TPSA) is 38.5 Å². The Morgan fingerprint density at radius 3 is 2.72 bits per heavy atom. The summed E-state index contributed by atoms with van der Waals surface area (Å²) < 4.78 is 11.7. The van der Waals surface area contributed by atoms with E-state index in [1.54, 1.807) is 0 Å². The summed E-state index contributed by atoms with van der Waals surface area (Å²) in [5, 5.41) is 0. The molecule has 18 heavy (non-hydrogen) atoms. The van der Waals surface area contributed by atoms with E-state index in [-0.39, 0.29) is 5.60 Å². The molecule has 1 aromatic rings.